The molecule has 0 amide bonds. The first-order chi connectivity index (χ1) is 18.5. The summed E-state index contributed by atoms with van der Waals surface area (Å²) in [5, 5.41) is 45.6. The molecule has 4 aromatic carbocycles. The first-order valence-electron chi connectivity index (χ1n) is 11.0. The van der Waals surface area contributed by atoms with Crippen molar-refractivity contribution >= 4 is 29.1 Å². The molecule has 0 aromatic heterocycles. The van der Waals surface area contributed by atoms with Crippen molar-refractivity contribution in [3.8, 4) is 11.5 Å². The van der Waals surface area contributed by atoms with Gasteiger partial charge in [-0.15, -0.1) is 0 Å². The minimum absolute atomic E-state index is 0.0717. The van der Waals surface area contributed by atoms with E-state index in [9.17, 15) is 43.6 Å². The highest BCUT2D eigenvalue weighted by Crippen LogP contribution is 2.52. The number of aromatic hydroxyl groups is 2. The van der Waals surface area contributed by atoms with Crippen molar-refractivity contribution in [2.45, 2.75) is 5.41 Å². The molecule has 0 unspecified atom stereocenters. The zero-order valence-electron chi connectivity index (χ0n) is 19.5. The predicted molar refractivity (Wildman–Crippen MR) is 136 cm³/mol. The fourth-order valence-corrected chi connectivity index (χ4v) is 4.52. The molecule has 2 N–H and O–H groups in total. The quantitative estimate of drug-likeness (QED) is 0.143. The number of allylic oxidation sites excluding steroid dienone is 1. The normalized spacial score (nSPS) is 11.6. The largest absolute Gasteiger partial charge is 0.502 e. The average molecular weight is 557 g/mol. The number of rotatable bonds is 7. The molecule has 198 valence electrons. The van der Waals surface area contributed by atoms with E-state index in [0.29, 0.717) is 29.8 Å². The Hall–Kier alpha value is -4.90. The van der Waals surface area contributed by atoms with Gasteiger partial charge in [0.05, 0.1) is 27.4 Å². The summed E-state index contributed by atoms with van der Waals surface area (Å²) in [6.07, 6.45) is 2.52. The van der Waals surface area contributed by atoms with Crippen molar-refractivity contribution in [2.75, 3.05) is 0 Å². The van der Waals surface area contributed by atoms with Crippen LogP contribution in [0.25, 0.3) is 6.08 Å². The Morgan fingerprint density at radius 3 is 1.69 bits per heavy atom. The Kier molecular flexibility index (Phi) is 7.28. The number of nitrogens with zero attached hydrogens (tertiary/aromatic N) is 2. The van der Waals surface area contributed by atoms with E-state index < -0.39 is 66.7 Å². The van der Waals surface area contributed by atoms with E-state index in [1.165, 1.54) is 18.2 Å². The Morgan fingerprint density at radius 1 is 0.744 bits per heavy atom. The lowest BCUT2D eigenvalue weighted by Crippen LogP contribution is -2.28. The van der Waals surface area contributed by atoms with E-state index in [2.05, 4.69) is 0 Å². The van der Waals surface area contributed by atoms with E-state index in [-0.39, 0.29) is 10.6 Å². The third kappa shape index (κ3) is 4.99. The lowest BCUT2D eigenvalue weighted by Gasteiger charge is -2.34. The van der Waals surface area contributed by atoms with Gasteiger partial charge in [0.15, 0.2) is 11.5 Å². The van der Waals surface area contributed by atoms with Crippen LogP contribution >= 0.6 is 11.6 Å². The van der Waals surface area contributed by atoms with Crippen molar-refractivity contribution < 1.29 is 33.2 Å². The van der Waals surface area contributed by atoms with Crippen LogP contribution in [0.3, 0.4) is 0 Å². The van der Waals surface area contributed by atoms with Gasteiger partial charge in [-0.1, -0.05) is 54.1 Å². The second kappa shape index (κ2) is 10.5. The highest BCUT2D eigenvalue weighted by molar-refractivity contribution is 6.32. The number of phenols is 2. The van der Waals surface area contributed by atoms with Gasteiger partial charge in [-0.05, 0) is 41.5 Å². The average Bonchev–Trinajstić information content (AvgIpc) is 2.89. The van der Waals surface area contributed by atoms with Crippen LogP contribution in [0.2, 0.25) is 5.02 Å². The topological polar surface area (TPSA) is 127 Å². The highest BCUT2D eigenvalue weighted by atomic mass is 35.5. The molecule has 0 saturated heterocycles. The number of nitro benzene ring substituents is 2. The SMILES string of the molecule is O=[N+]([O-])c1cc(F)cc(C(C=Cc2ccccc2Cl)(c2ccc(F)cc2)c2cc(F)cc([N+](=O)[O-])c2O)c1O. The first-order valence-corrected chi connectivity index (χ1v) is 11.4. The second-order valence-electron chi connectivity index (χ2n) is 8.33. The molecule has 39 heavy (non-hydrogen) atoms. The zero-order chi connectivity index (χ0) is 28.5. The molecule has 0 atom stereocenters. The van der Waals surface area contributed by atoms with Crippen LogP contribution in [0.4, 0.5) is 24.5 Å². The van der Waals surface area contributed by atoms with Crippen molar-refractivity contribution in [3.05, 3.63) is 144 Å². The number of nitro groups is 2. The van der Waals surface area contributed by atoms with Crippen LogP contribution in [-0.4, -0.2) is 20.1 Å². The van der Waals surface area contributed by atoms with Gasteiger partial charge in [-0.3, -0.25) is 20.2 Å². The lowest BCUT2D eigenvalue weighted by atomic mass is 9.68. The predicted octanol–water partition coefficient (Wildman–Crippen LogP) is 7.03. The molecule has 0 aliphatic rings. The van der Waals surface area contributed by atoms with E-state index in [1.807, 2.05) is 0 Å². The number of halogens is 4. The van der Waals surface area contributed by atoms with Gasteiger partial charge in [0.25, 0.3) is 0 Å². The van der Waals surface area contributed by atoms with Gasteiger partial charge in [-0.25, -0.2) is 13.2 Å². The molecule has 0 fully saturated rings. The number of phenolic OH excluding ortho intramolecular Hbond substituents is 2. The molecule has 0 radical (unpaired) electrons. The monoisotopic (exact) mass is 556 g/mol. The van der Waals surface area contributed by atoms with Crippen LogP contribution in [-0.2, 0) is 5.41 Å². The van der Waals surface area contributed by atoms with E-state index in [0.717, 1.165) is 24.3 Å². The summed E-state index contributed by atoms with van der Waals surface area (Å²) in [6, 6.07) is 12.8. The van der Waals surface area contributed by atoms with Crippen LogP contribution in [0.1, 0.15) is 22.3 Å². The molecule has 0 heterocycles. The van der Waals surface area contributed by atoms with Crippen LogP contribution in [0.15, 0.2) is 78.9 Å². The Bertz CT molecular complexity index is 1570. The molecule has 0 aliphatic heterocycles. The van der Waals surface area contributed by atoms with Gasteiger partial charge >= 0.3 is 11.4 Å². The van der Waals surface area contributed by atoms with Gasteiger partial charge in [0.2, 0.25) is 0 Å². The van der Waals surface area contributed by atoms with E-state index in [1.54, 1.807) is 18.2 Å². The molecule has 4 aromatic rings. The lowest BCUT2D eigenvalue weighted by molar-refractivity contribution is -0.386. The number of benzene rings is 4. The third-order valence-electron chi connectivity index (χ3n) is 6.07. The second-order valence-corrected chi connectivity index (χ2v) is 8.73. The minimum Gasteiger partial charge on any atom is -0.502 e. The van der Waals surface area contributed by atoms with Crippen LogP contribution in [0.5, 0.6) is 11.5 Å². The van der Waals surface area contributed by atoms with Crippen molar-refractivity contribution in [1.82, 2.24) is 0 Å². The maximum Gasteiger partial charge on any atom is 0.313 e. The minimum atomic E-state index is -2.26. The molecule has 8 nitrogen and oxygen atoms in total. The molecular weight excluding hydrogens is 541 g/mol. The Balaban J connectivity index is 2.26. The van der Waals surface area contributed by atoms with E-state index in [4.69, 9.17) is 11.6 Å². The molecule has 0 spiro atoms. The zero-order valence-corrected chi connectivity index (χ0v) is 20.3. The summed E-state index contributed by atoms with van der Waals surface area (Å²) in [6.45, 7) is 0. The standard InChI is InChI=1S/C27H16ClF3N2O6/c28-22-4-2-1-3-15(22)9-10-27(16-5-7-17(29)8-6-16,20-11-18(30)13-23(25(20)34)32(36)37)21-12-19(31)14-24(26(21)35)33(38)39/h1-14,34-35H. The molecular formula is C27H16ClF3N2O6. The summed E-state index contributed by atoms with van der Waals surface area (Å²) in [7, 11) is 0. The van der Waals surface area contributed by atoms with Crippen LogP contribution in [0, 0.1) is 37.7 Å². The molecule has 0 aliphatic carbocycles. The highest BCUT2D eigenvalue weighted by Gasteiger charge is 2.43. The Labute approximate surface area is 223 Å². The summed E-state index contributed by atoms with van der Waals surface area (Å²) in [5.74, 6) is -5.29. The fraction of sp³-hybridized carbons (Fsp3) is 0.0370. The van der Waals surface area contributed by atoms with Crippen molar-refractivity contribution in [2.24, 2.45) is 0 Å². The van der Waals surface area contributed by atoms with Gasteiger partial charge in [-0.2, -0.15) is 0 Å². The molecule has 0 saturated carbocycles. The maximum absolute atomic E-state index is 14.8. The first kappa shape index (κ1) is 27.1. The van der Waals surface area contributed by atoms with Gasteiger partial charge < -0.3 is 10.2 Å². The Morgan fingerprint density at radius 2 is 1.23 bits per heavy atom. The number of hydrogen-bond donors (Lipinski definition) is 2. The summed E-state index contributed by atoms with van der Waals surface area (Å²) >= 11 is 6.26. The molecule has 4 rings (SSSR count). The summed E-state index contributed by atoms with van der Waals surface area (Å²) in [4.78, 5) is 21.2. The van der Waals surface area contributed by atoms with Crippen LogP contribution < -0.4 is 0 Å². The molecule has 0 bridgehead atoms. The maximum atomic E-state index is 14.8. The van der Waals surface area contributed by atoms with Gasteiger partial charge in [0, 0.05) is 16.1 Å². The van der Waals surface area contributed by atoms with E-state index >= 15 is 0 Å². The number of hydrogen-bond acceptors (Lipinski definition) is 6. The van der Waals surface area contributed by atoms with Crippen molar-refractivity contribution in [1.29, 1.82) is 0 Å². The fourth-order valence-electron chi connectivity index (χ4n) is 4.32. The summed E-state index contributed by atoms with van der Waals surface area (Å²) in [5.41, 5.74) is -5.35. The molecule has 12 heteroatoms. The summed E-state index contributed by atoms with van der Waals surface area (Å²) < 4.78 is 43.7. The smallest absolute Gasteiger partial charge is 0.313 e. The van der Waals surface area contributed by atoms with Crippen molar-refractivity contribution in [3.63, 3.8) is 0 Å². The third-order valence-corrected chi connectivity index (χ3v) is 6.41. The van der Waals surface area contributed by atoms with Gasteiger partial charge in [0.1, 0.15) is 17.5 Å².